The molecular weight excluding hydrogens is 269 g/mol. The molecule has 2 rings (SSSR count). The molecule has 2 aromatic rings. The van der Waals surface area contributed by atoms with Crippen LogP contribution in [-0.4, -0.2) is 11.7 Å². The Morgan fingerprint density at radius 3 is 2.67 bits per heavy atom. The standard InChI is InChI=1S/C17H20FNO2/c1-3-21-17-7-6-15(9-14(17)11-20)19-10-13-5-4-12(2)16(18)8-13/h4-9,19-20H,3,10-11H2,1-2H3. The molecule has 0 saturated heterocycles. The van der Waals surface area contributed by atoms with E-state index in [1.165, 1.54) is 6.07 Å². The molecule has 0 saturated carbocycles. The molecule has 2 aromatic carbocycles. The third-order valence-corrected chi connectivity index (χ3v) is 3.26. The van der Waals surface area contributed by atoms with Gasteiger partial charge in [0.25, 0.3) is 0 Å². The number of aliphatic hydroxyl groups is 1. The Bertz CT molecular complexity index is 614. The SMILES string of the molecule is CCOc1ccc(NCc2ccc(C)c(F)c2)cc1CO. The van der Waals surface area contributed by atoms with Gasteiger partial charge in [-0.15, -0.1) is 0 Å². The number of nitrogens with one attached hydrogen (secondary N) is 1. The molecule has 4 heteroatoms. The topological polar surface area (TPSA) is 41.5 Å². The van der Waals surface area contributed by atoms with Crippen LogP contribution in [-0.2, 0) is 13.2 Å². The summed E-state index contributed by atoms with van der Waals surface area (Å²) in [4.78, 5) is 0. The quantitative estimate of drug-likeness (QED) is 0.853. The minimum Gasteiger partial charge on any atom is -0.494 e. The molecule has 0 radical (unpaired) electrons. The highest BCUT2D eigenvalue weighted by molar-refractivity contribution is 5.51. The first-order valence-electron chi connectivity index (χ1n) is 6.99. The number of rotatable bonds is 6. The summed E-state index contributed by atoms with van der Waals surface area (Å²) in [7, 11) is 0. The number of anilines is 1. The molecule has 3 nitrogen and oxygen atoms in total. The molecule has 0 aromatic heterocycles. The fraction of sp³-hybridized carbons (Fsp3) is 0.294. The molecule has 0 spiro atoms. The van der Waals surface area contributed by atoms with Gasteiger partial charge in [-0.2, -0.15) is 0 Å². The molecule has 0 bridgehead atoms. The summed E-state index contributed by atoms with van der Waals surface area (Å²) in [5, 5.41) is 12.6. The summed E-state index contributed by atoms with van der Waals surface area (Å²) in [6.45, 7) is 4.65. The first-order valence-corrected chi connectivity index (χ1v) is 6.99. The normalized spacial score (nSPS) is 10.5. The van der Waals surface area contributed by atoms with Crippen molar-refractivity contribution in [2.45, 2.75) is 27.0 Å². The van der Waals surface area contributed by atoms with E-state index in [2.05, 4.69) is 5.32 Å². The second kappa shape index (κ2) is 7.09. The average Bonchev–Trinajstić information content (AvgIpc) is 2.49. The maximum Gasteiger partial charge on any atom is 0.126 e. The average molecular weight is 289 g/mol. The summed E-state index contributed by atoms with van der Waals surface area (Å²) in [6.07, 6.45) is 0. The smallest absolute Gasteiger partial charge is 0.126 e. The zero-order valence-corrected chi connectivity index (χ0v) is 12.3. The minimum atomic E-state index is -0.197. The second-order valence-corrected chi connectivity index (χ2v) is 4.85. The van der Waals surface area contributed by atoms with Gasteiger partial charge in [-0.25, -0.2) is 4.39 Å². The lowest BCUT2D eigenvalue weighted by molar-refractivity contribution is 0.267. The zero-order valence-electron chi connectivity index (χ0n) is 12.3. The van der Waals surface area contributed by atoms with Crippen molar-refractivity contribution in [2.75, 3.05) is 11.9 Å². The number of ether oxygens (including phenoxy) is 1. The summed E-state index contributed by atoms with van der Waals surface area (Å²) in [5.74, 6) is 0.490. The van der Waals surface area contributed by atoms with E-state index in [-0.39, 0.29) is 12.4 Å². The van der Waals surface area contributed by atoms with Crippen LogP contribution in [0.4, 0.5) is 10.1 Å². The van der Waals surface area contributed by atoms with Crippen LogP contribution >= 0.6 is 0 Å². The fourth-order valence-corrected chi connectivity index (χ4v) is 2.06. The number of hydrogen-bond acceptors (Lipinski definition) is 3. The van der Waals surface area contributed by atoms with Gasteiger partial charge in [-0.05, 0) is 49.2 Å². The lowest BCUT2D eigenvalue weighted by atomic mass is 10.1. The molecule has 112 valence electrons. The number of aliphatic hydroxyl groups excluding tert-OH is 1. The van der Waals surface area contributed by atoms with Gasteiger partial charge in [-0.3, -0.25) is 0 Å². The Labute approximate surface area is 124 Å². The lowest BCUT2D eigenvalue weighted by Gasteiger charge is -2.12. The van der Waals surface area contributed by atoms with Gasteiger partial charge in [0.05, 0.1) is 13.2 Å². The fourth-order valence-electron chi connectivity index (χ4n) is 2.06. The van der Waals surface area contributed by atoms with Gasteiger partial charge in [0, 0.05) is 17.8 Å². The monoisotopic (exact) mass is 289 g/mol. The zero-order chi connectivity index (χ0) is 15.2. The van der Waals surface area contributed by atoms with Crippen molar-refractivity contribution >= 4 is 5.69 Å². The van der Waals surface area contributed by atoms with Crippen LogP contribution in [0.25, 0.3) is 0 Å². The third-order valence-electron chi connectivity index (χ3n) is 3.26. The number of benzene rings is 2. The van der Waals surface area contributed by atoms with Crippen LogP contribution in [0.3, 0.4) is 0 Å². The van der Waals surface area contributed by atoms with E-state index in [9.17, 15) is 9.50 Å². The van der Waals surface area contributed by atoms with Crippen molar-refractivity contribution in [3.05, 3.63) is 58.9 Å². The van der Waals surface area contributed by atoms with Gasteiger partial charge in [0.15, 0.2) is 0 Å². The van der Waals surface area contributed by atoms with Crippen molar-refractivity contribution in [2.24, 2.45) is 0 Å². The third kappa shape index (κ3) is 3.95. The molecule has 0 amide bonds. The van der Waals surface area contributed by atoms with Gasteiger partial charge in [-0.1, -0.05) is 12.1 Å². The highest BCUT2D eigenvalue weighted by atomic mass is 19.1. The minimum absolute atomic E-state index is 0.0794. The van der Waals surface area contributed by atoms with Gasteiger partial charge in [0.1, 0.15) is 11.6 Å². The van der Waals surface area contributed by atoms with Gasteiger partial charge in [0.2, 0.25) is 0 Å². The summed E-state index contributed by atoms with van der Waals surface area (Å²) in [5.41, 5.74) is 3.11. The van der Waals surface area contributed by atoms with E-state index in [0.29, 0.717) is 24.5 Å². The Hall–Kier alpha value is -2.07. The highest BCUT2D eigenvalue weighted by Crippen LogP contribution is 2.23. The predicted molar refractivity (Wildman–Crippen MR) is 82.0 cm³/mol. The van der Waals surface area contributed by atoms with Crippen molar-refractivity contribution in [3.8, 4) is 5.75 Å². The first kappa shape index (κ1) is 15.3. The molecule has 0 aliphatic rings. The molecule has 0 heterocycles. The Morgan fingerprint density at radius 1 is 1.19 bits per heavy atom. The lowest BCUT2D eigenvalue weighted by Crippen LogP contribution is -2.02. The molecule has 0 atom stereocenters. The highest BCUT2D eigenvalue weighted by Gasteiger charge is 2.05. The molecule has 2 N–H and O–H groups in total. The van der Waals surface area contributed by atoms with Gasteiger partial charge >= 0.3 is 0 Å². The van der Waals surface area contributed by atoms with E-state index < -0.39 is 0 Å². The molecule has 0 aliphatic carbocycles. The Kier molecular flexibility index (Phi) is 5.17. The predicted octanol–water partition coefficient (Wildman–Crippen LogP) is 3.64. The van der Waals surface area contributed by atoms with Crippen molar-refractivity contribution in [3.63, 3.8) is 0 Å². The largest absolute Gasteiger partial charge is 0.494 e. The maximum atomic E-state index is 13.5. The Balaban J connectivity index is 2.07. The van der Waals surface area contributed by atoms with Crippen LogP contribution < -0.4 is 10.1 Å². The first-order chi connectivity index (χ1) is 10.1. The summed E-state index contributed by atoms with van der Waals surface area (Å²) in [6, 6.07) is 10.7. The van der Waals surface area contributed by atoms with E-state index in [4.69, 9.17) is 4.74 Å². The van der Waals surface area contributed by atoms with Crippen molar-refractivity contribution < 1.29 is 14.2 Å². The van der Waals surface area contributed by atoms with E-state index in [1.54, 1.807) is 13.0 Å². The van der Waals surface area contributed by atoms with Gasteiger partial charge < -0.3 is 15.2 Å². The summed E-state index contributed by atoms with van der Waals surface area (Å²) < 4.78 is 18.9. The number of hydrogen-bond donors (Lipinski definition) is 2. The van der Waals surface area contributed by atoms with Crippen molar-refractivity contribution in [1.82, 2.24) is 0 Å². The maximum absolute atomic E-state index is 13.5. The molecule has 21 heavy (non-hydrogen) atoms. The van der Waals surface area contributed by atoms with Crippen LogP contribution in [0.15, 0.2) is 36.4 Å². The number of halogens is 1. The molecule has 0 fully saturated rings. The van der Waals surface area contributed by atoms with E-state index in [1.807, 2.05) is 31.2 Å². The molecule has 0 aliphatic heterocycles. The Morgan fingerprint density at radius 2 is 2.00 bits per heavy atom. The van der Waals surface area contributed by atoms with Crippen LogP contribution in [0.5, 0.6) is 5.75 Å². The molecule has 0 unspecified atom stereocenters. The van der Waals surface area contributed by atoms with E-state index in [0.717, 1.165) is 16.8 Å². The van der Waals surface area contributed by atoms with Crippen LogP contribution in [0.2, 0.25) is 0 Å². The van der Waals surface area contributed by atoms with E-state index >= 15 is 0 Å². The van der Waals surface area contributed by atoms with Crippen LogP contribution in [0, 0.1) is 12.7 Å². The van der Waals surface area contributed by atoms with Crippen molar-refractivity contribution in [1.29, 1.82) is 0 Å². The molecular formula is C17H20FNO2. The summed E-state index contributed by atoms with van der Waals surface area (Å²) >= 11 is 0. The number of aryl methyl sites for hydroxylation is 1. The van der Waals surface area contributed by atoms with Crippen LogP contribution in [0.1, 0.15) is 23.6 Å². The second-order valence-electron chi connectivity index (χ2n) is 4.85.